The van der Waals surface area contributed by atoms with Crippen LogP contribution in [0.15, 0.2) is 12.7 Å². The van der Waals surface area contributed by atoms with Gasteiger partial charge in [-0.1, -0.05) is 13.8 Å². The van der Waals surface area contributed by atoms with Gasteiger partial charge in [0.25, 0.3) is 0 Å². The van der Waals surface area contributed by atoms with Crippen LogP contribution in [-0.4, -0.2) is 29.9 Å². The van der Waals surface area contributed by atoms with Crippen LogP contribution < -0.4 is 0 Å². The van der Waals surface area contributed by atoms with Crippen molar-refractivity contribution in [3.05, 3.63) is 24.3 Å². The Morgan fingerprint density at radius 3 is 2.93 bits per heavy atom. The van der Waals surface area contributed by atoms with E-state index in [9.17, 15) is 0 Å². The average molecular weight is 192 g/mol. The van der Waals surface area contributed by atoms with Crippen LogP contribution >= 0.6 is 0 Å². The van der Waals surface area contributed by atoms with Gasteiger partial charge in [0.15, 0.2) is 5.82 Å². The van der Waals surface area contributed by atoms with Crippen molar-refractivity contribution >= 4 is 0 Å². The van der Waals surface area contributed by atoms with Crippen LogP contribution in [-0.2, 0) is 6.54 Å². The minimum Gasteiger partial charge on any atom is -0.261 e. The third-order valence-electron chi connectivity index (χ3n) is 1.84. The number of rotatable bonds is 3. The fourth-order valence-electron chi connectivity index (χ4n) is 1.11. The summed E-state index contributed by atoms with van der Waals surface area (Å²) < 4.78 is 1.70. The number of aromatic amines is 1. The summed E-state index contributed by atoms with van der Waals surface area (Å²) in [6, 6.07) is 0. The van der Waals surface area contributed by atoms with Crippen molar-refractivity contribution in [1.29, 1.82) is 0 Å². The first kappa shape index (κ1) is 8.86. The Labute approximate surface area is 81.4 Å². The zero-order chi connectivity index (χ0) is 9.97. The standard InChI is InChI=1S/C8H12N6/c1-6(2)8-11-7(12-13-8)3-14-5-9-4-10-14/h4-6H,3H2,1-2H3,(H,11,12,13). The quantitative estimate of drug-likeness (QED) is 0.771. The zero-order valence-electron chi connectivity index (χ0n) is 8.18. The van der Waals surface area contributed by atoms with Crippen molar-refractivity contribution in [3.8, 4) is 0 Å². The molecule has 0 radical (unpaired) electrons. The van der Waals surface area contributed by atoms with Crippen LogP contribution in [0, 0.1) is 0 Å². The molecule has 0 spiro atoms. The molecule has 0 bridgehead atoms. The fourth-order valence-corrected chi connectivity index (χ4v) is 1.11. The third-order valence-corrected chi connectivity index (χ3v) is 1.84. The third kappa shape index (κ3) is 1.78. The number of nitrogens with one attached hydrogen (secondary N) is 1. The van der Waals surface area contributed by atoms with E-state index in [0.717, 1.165) is 11.6 Å². The lowest BCUT2D eigenvalue weighted by Crippen LogP contribution is -2.01. The van der Waals surface area contributed by atoms with E-state index in [1.165, 1.54) is 6.33 Å². The van der Waals surface area contributed by atoms with Crippen LogP contribution in [0.25, 0.3) is 0 Å². The number of aromatic nitrogens is 6. The second kappa shape index (κ2) is 3.57. The summed E-state index contributed by atoms with van der Waals surface area (Å²) in [5, 5.41) is 11.0. The lowest BCUT2D eigenvalue weighted by molar-refractivity contribution is 0.655. The van der Waals surface area contributed by atoms with Crippen molar-refractivity contribution in [2.45, 2.75) is 26.3 Å². The van der Waals surface area contributed by atoms with Gasteiger partial charge >= 0.3 is 0 Å². The molecule has 0 aromatic carbocycles. The Hall–Kier alpha value is -1.72. The Kier molecular flexibility index (Phi) is 2.26. The fraction of sp³-hybridized carbons (Fsp3) is 0.500. The van der Waals surface area contributed by atoms with Gasteiger partial charge in [-0.05, 0) is 0 Å². The van der Waals surface area contributed by atoms with Gasteiger partial charge in [-0.2, -0.15) is 10.2 Å². The molecule has 0 aliphatic heterocycles. The summed E-state index contributed by atoms with van der Waals surface area (Å²) >= 11 is 0. The minimum atomic E-state index is 0.343. The van der Waals surface area contributed by atoms with Crippen LogP contribution in [0.5, 0.6) is 0 Å². The van der Waals surface area contributed by atoms with E-state index in [0.29, 0.717) is 12.5 Å². The highest BCUT2D eigenvalue weighted by Gasteiger charge is 2.06. The normalized spacial score (nSPS) is 11.1. The minimum absolute atomic E-state index is 0.343. The molecule has 0 saturated carbocycles. The average Bonchev–Trinajstić information content (AvgIpc) is 2.75. The second-order valence-corrected chi connectivity index (χ2v) is 3.39. The van der Waals surface area contributed by atoms with Gasteiger partial charge in [-0.25, -0.2) is 14.6 Å². The lowest BCUT2D eigenvalue weighted by Gasteiger charge is -1.95. The summed E-state index contributed by atoms with van der Waals surface area (Å²) in [4.78, 5) is 8.18. The van der Waals surface area contributed by atoms with Gasteiger partial charge in [-0.3, -0.25) is 5.10 Å². The maximum Gasteiger partial charge on any atom is 0.153 e. The van der Waals surface area contributed by atoms with Crippen LogP contribution in [0.4, 0.5) is 0 Å². The van der Waals surface area contributed by atoms with Gasteiger partial charge in [0, 0.05) is 5.92 Å². The summed E-state index contributed by atoms with van der Waals surface area (Å²) in [6.07, 6.45) is 3.15. The first-order valence-corrected chi connectivity index (χ1v) is 4.49. The summed E-state index contributed by atoms with van der Waals surface area (Å²) in [5.74, 6) is 1.98. The molecule has 6 nitrogen and oxygen atoms in total. The highest BCUT2D eigenvalue weighted by Crippen LogP contribution is 2.07. The molecule has 0 atom stereocenters. The second-order valence-electron chi connectivity index (χ2n) is 3.39. The van der Waals surface area contributed by atoms with Crippen molar-refractivity contribution in [3.63, 3.8) is 0 Å². The topological polar surface area (TPSA) is 72.3 Å². The van der Waals surface area contributed by atoms with Gasteiger partial charge in [0.05, 0.1) is 0 Å². The molecule has 2 aromatic rings. The molecule has 0 fully saturated rings. The molecule has 0 amide bonds. The molecule has 2 aromatic heterocycles. The SMILES string of the molecule is CC(C)c1n[nH]c(Cn2cncn2)n1. The molecule has 74 valence electrons. The van der Waals surface area contributed by atoms with Crippen LogP contribution in [0.3, 0.4) is 0 Å². The summed E-state index contributed by atoms with van der Waals surface area (Å²) in [6.45, 7) is 4.70. The Morgan fingerprint density at radius 1 is 1.50 bits per heavy atom. The molecule has 6 heteroatoms. The molecule has 0 saturated heterocycles. The molecule has 2 heterocycles. The highest BCUT2D eigenvalue weighted by atomic mass is 15.3. The monoisotopic (exact) mass is 192 g/mol. The van der Waals surface area contributed by atoms with E-state index in [4.69, 9.17) is 0 Å². The molecule has 2 rings (SSSR count). The van der Waals surface area contributed by atoms with E-state index < -0.39 is 0 Å². The molecule has 0 aliphatic carbocycles. The van der Waals surface area contributed by atoms with Crippen molar-refractivity contribution < 1.29 is 0 Å². The Bertz CT molecular complexity index is 388. The van der Waals surface area contributed by atoms with E-state index in [2.05, 4.69) is 39.1 Å². The Morgan fingerprint density at radius 2 is 2.36 bits per heavy atom. The van der Waals surface area contributed by atoms with Crippen molar-refractivity contribution in [2.24, 2.45) is 0 Å². The summed E-state index contributed by atoms with van der Waals surface area (Å²) in [7, 11) is 0. The maximum absolute atomic E-state index is 4.33. The predicted octanol–water partition coefficient (Wildman–Crippen LogP) is 0.568. The first-order chi connectivity index (χ1) is 6.75. The molecule has 0 aliphatic rings. The van der Waals surface area contributed by atoms with Crippen LogP contribution in [0.2, 0.25) is 0 Å². The van der Waals surface area contributed by atoms with Gasteiger partial charge in [0.2, 0.25) is 0 Å². The number of nitrogens with zero attached hydrogens (tertiary/aromatic N) is 5. The zero-order valence-corrected chi connectivity index (χ0v) is 8.18. The van der Waals surface area contributed by atoms with Gasteiger partial charge < -0.3 is 0 Å². The van der Waals surface area contributed by atoms with Crippen molar-refractivity contribution in [1.82, 2.24) is 29.9 Å². The smallest absolute Gasteiger partial charge is 0.153 e. The molecule has 1 N–H and O–H groups in total. The largest absolute Gasteiger partial charge is 0.261 e. The van der Waals surface area contributed by atoms with E-state index in [1.54, 1.807) is 11.0 Å². The van der Waals surface area contributed by atoms with E-state index in [1.807, 2.05) is 0 Å². The number of hydrogen-bond acceptors (Lipinski definition) is 4. The Balaban J connectivity index is 2.11. The molecular weight excluding hydrogens is 180 g/mol. The van der Waals surface area contributed by atoms with E-state index >= 15 is 0 Å². The van der Waals surface area contributed by atoms with Gasteiger partial charge in [-0.15, -0.1) is 0 Å². The summed E-state index contributed by atoms with van der Waals surface area (Å²) in [5.41, 5.74) is 0. The maximum atomic E-state index is 4.33. The first-order valence-electron chi connectivity index (χ1n) is 4.49. The number of hydrogen-bond donors (Lipinski definition) is 1. The number of H-pyrrole nitrogens is 1. The lowest BCUT2D eigenvalue weighted by atomic mass is 10.2. The molecule has 14 heavy (non-hydrogen) atoms. The van der Waals surface area contributed by atoms with Crippen molar-refractivity contribution in [2.75, 3.05) is 0 Å². The van der Waals surface area contributed by atoms with Crippen LogP contribution in [0.1, 0.15) is 31.4 Å². The van der Waals surface area contributed by atoms with E-state index in [-0.39, 0.29) is 0 Å². The predicted molar refractivity (Wildman–Crippen MR) is 49.6 cm³/mol. The highest BCUT2D eigenvalue weighted by molar-refractivity contribution is 4.94. The molecule has 0 unspecified atom stereocenters. The van der Waals surface area contributed by atoms with Gasteiger partial charge in [0.1, 0.15) is 25.0 Å². The molecular formula is C8H12N6.